The van der Waals surface area contributed by atoms with Gasteiger partial charge in [0.05, 0.1) is 0 Å². The highest BCUT2D eigenvalue weighted by atomic mass is 32.2. The molecule has 2 heteroatoms. The summed E-state index contributed by atoms with van der Waals surface area (Å²) in [5.41, 5.74) is 2.47. The molecule has 1 aromatic carbocycles. The number of benzene rings is 1. The van der Waals surface area contributed by atoms with Crippen molar-refractivity contribution in [2.45, 2.75) is 11.5 Å². The summed E-state index contributed by atoms with van der Waals surface area (Å²) in [5, 5.41) is 0. The molecule has 0 spiro atoms. The normalized spacial score (nSPS) is 15.3. The third kappa shape index (κ3) is 0.926. The predicted octanol–water partition coefficient (Wildman–Crippen LogP) is 2.57. The molecular formula is C8H7FS. The van der Waals surface area contributed by atoms with Crippen molar-refractivity contribution >= 4 is 11.8 Å². The average Bonchev–Trinajstić information content (AvgIpc) is 2.33. The van der Waals surface area contributed by atoms with Gasteiger partial charge in [-0.2, -0.15) is 11.8 Å². The minimum absolute atomic E-state index is 0.110. The Morgan fingerprint density at radius 3 is 2.90 bits per heavy atom. The lowest BCUT2D eigenvalue weighted by molar-refractivity contribution is 0.626. The first-order valence-corrected chi connectivity index (χ1v) is 4.37. The Bertz CT molecular complexity index is 257. The van der Waals surface area contributed by atoms with Gasteiger partial charge in [-0.05, 0) is 23.3 Å². The van der Waals surface area contributed by atoms with Gasteiger partial charge in [0, 0.05) is 11.5 Å². The van der Waals surface area contributed by atoms with Gasteiger partial charge in [-0.25, -0.2) is 4.39 Å². The summed E-state index contributed by atoms with van der Waals surface area (Å²) in [6.07, 6.45) is 0. The zero-order valence-corrected chi connectivity index (χ0v) is 6.25. The van der Waals surface area contributed by atoms with E-state index in [0.29, 0.717) is 0 Å². The van der Waals surface area contributed by atoms with Gasteiger partial charge in [-0.15, -0.1) is 0 Å². The number of fused-ring (bicyclic) bond motifs is 1. The van der Waals surface area contributed by atoms with Gasteiger partial charge in [0.15, 0.2) is 0 Å². The Kier molecular flexibility index (Phi) is 1.42. The van der Waals surface area contributed by atoms with Crippen LogP contribution in [0.5, 0.6) is 0 Å². The van der Waals surface area contributed by atoms with Crippen molar-refractivity contribution in [3.05, 3.63) is 35.1 Å². The zero-order valence-electron chi connectivity index (χ0n) is 5.43. The summed E-state index contributed by atoms with van der Waals surface area (Å²) in [7, 11) is 0. The second-order valence-corrected chi connectivity index (χ2v) is 3.39. The van der Waals surface area contributed by atoms with E-state index in [2.05, 4.69) is 0 Å². The molecular weight excluding hydrogens is 147 g/mol. The highest BCUT2D eigenvalue weighted by Crippen LogP contribution is 2.29. The summed E-state index contributed by atoms with van der Waals surface area (Å²) in [6, 6.07) is 5.05. The molecule has 2 rings (SSSR count). The van der Waals surface area contributed by atoms with E-state index < -0.39 is 0 Å². The van der Waals surface area contributed by atoms with Crippen LogP contribution in [0.3, 0.4) is 0 Å². The molecule has 10 heavy (non-hydrogen) atoms. The molecule has 0 N–H and O–H groups in total. The molecule has 0 unspecified atom stereocenters. The van der Waals surface area contributed by atoms with Crippen molar-refractivity contribution in [1.29, 1.82) is 0 Å². The van der Waals surface area contributed by atoms with Gasteiger partial charge in [0.25, 0.3) is 0 Å². The van der Waals surface area contributed by atoms with Crippen LogP contribution in [0, 0.1) is 5.82 Å². The second kappa shape index (κ2) is 2.27. The minimum atomic E-state index is -0.110. The Labute approximate surface area is 63.4 Å². The molecule has 0 atom stereocenters. The first-order chi connectivity index (χ1) is 4.86. The van der Waals surface area contributed by atoms with E-state index in [1.807, 2.05) is 17.8 Å². The molecule has 0 radical (unpaired) electrons. The van der Waals surface area contributed by atoms with Crippen LogP contribution in [-0.2, 0) is 11.5 Å². The molecule has 0 amide bonds. The molecule has 52 valence electrons. The van der Waals surface area contributed by atoms with Crippen molar-refractivity contribution in [1.82, 2.24) is 0 Å². The van der Waals surface area contributed by atoms with Crippen molar-refractivity contribution < 1.29 is 4.39 Å². The summed E-state index contributed by atoms with van der Waals surface area (Å²) < 4.78 is 12.6. The lowest BCUT2D eigenvalue weighted by Gasteiger charge is -1.94. The van der Waals surface area contributed by atoms with Crippen molar-refractivity contribution in [2.24, 2.45) is 0 Å². The van der Waals surface area contributed by atoms with Crippen LogP contribution in [-0.4, -0.2) is 0 Å². The molecule has 0 fully saturated rings. The summed E-state index contributed by atoms with van der Waals surface area (Å²) in [6.45, 7) is 0. The van der Waals surface area contributed by atoms with Crippen LogP contribution < -0.4 is 0 Å². The topological polar surface area (TPSA) is 0 Å². The molecule has 1 heterocycles. The first-order valence-electron chi connectivity index (χ1n) is 3.21. The summed E-state index contributed by atoms with van der Waals surface area (Å²) in [5.74, 6) is 1.92. The van der Waals surface area contributed by atoms with E-state index in [0.717, 1.165) is 11.5 Å². The van der Waals surface area contributed by atoms with E-state index in [-0.39, 0.29) is 5.82 Å². The fraction of sp³-hybridized carbons (Fsp3) is 0.250. The van der Waals surface area contributed by atoms with E-state index in [4.69, 9.17) is 0 Å². The second-order valence-electron chi connectivity index (χ2n) is 2.41. The van der Waals surface area contributed by atoms with Crippen LogP contribution in [0.25, 0.3) is 0 Å². The molecule has 1 aliphatic heterocycles. The maximum Gasteiger partial charge on any atom is 0.123 e. The van der Waals surface area contributed by atoms with E-state index >= 15 is 0 Å². The molecule has 0 nitrogen and oxygen atoms in total. The average molecular weight is 154 g/mol. The third-order valence-electron chi connectivity index (χ3n) is 1.68. The molecule has 1 aromatic rings. The lowest BCUT2D eigenvalue weighted by Crippen LogP contribution is -1.82. The molecule has 0 saturated heterocycles. The highest BCUT2D eigenvalue weighted by molar-refractivity contribution is 7.98. The fourth-order valence-electron chi connectivity index (χ4n) is 1.14. The number of hydrogen-bond acceptors (Lipinski definition) is 1. The number of halogens is 1. The quantitative estimate of drug-likeness (QED) is 0.553. The first kappa shape index (κ1) is 6.23. The monoisotopic (exact) mass is 154 g/mol. The minimum Gasteiger partial charge on any atom is -0.207 e. The van der Waals surface area contributed by atoms with E-state index in [9.17, 15) is 4.39 Å². The molecule has 1 aliphatic rings. The predicted molar refractivity (Wildman–Crippen MR) is 41.4 cm³/mol. The van der Waals surface area contributed by atoms with Gasteiger partial charge >= 0.3 is 0 Å². The third-order valence-corrected chi connectivity index (χ3v) is 2.71. The largest absolute Gasteiger partial charge is 0.207 e. The van der Waals surface area contributed by atoms with Gasteiger partial charge in [-0.3, -0.25) is 0 Å². The number of rotatable bonds is 0. The zero-order chi connectivity index (χ0) is 6.97. The van der Waals surface area contributed by atoms with Crippen molar-refractivity contribution in [3.63, 3.8) is 0 Å². The van der Waals surface area contributed by atoms with Gasteiger partial charge in [-0.1, -0.05) is 6.07 Å². The highest BCUT2D eigenvalue weighted by Gasteiger charge is 2.10. The van der Waals surface area contributed by atoms with Gasteiger partial charge < -0.3 is 0 Å². The van der Waals surface area contributed by atoms with Crippen LogP contribution in [0.15, 0.2) is 18.2 Å². The van der Waals surface area contributed by atoms with Crippen molar-refractivity contribution in [2.75, 3.05) is 0 Å². The summed E-state index contributed by atoms with van der Waals surface area (Å²) >= 11 is 1.84. The maximum absolute atomic E-state index is 12.6. The lowest BCUT2D eigenvalue weighted by atomic mass is 10.1. The molecule has 0 bridgehead atoms. The van der Waals surface area contributed by atoms with E-state index in [1.54, 1.807) is 6.07 Å². The number of hydrogen-bond donors (Lipinski definition) is 0. The maximum atomic E-state index is 12.6. The van der Waals surface area contributed by atoms with Crippen LogP contribution in [0.2, 0.25) is 0 Å². The SMILES string of the molecule is Fc1ccc2c(c1)CSC2. The van der Waals surface area contributed by atoms with Crippen LogP contribution in [0.4, 0.5) is 4.39 Å². The Morgan fingerprint density at radius 1 is 1.20 bits per heavy atom. The summed E-state index contributed by atoms with van der Waals surface area (Å²) in [4.78, 5) is 0. The fourth-order valence-corrected chi connectivity index (χ4v) is 2.23. The van der Waals surface area contributed by atoms with Crippen LogP contribution in [0.1, 0.15) is 11.1 Å². The van der Waals surface area contributed by atoms with Crippen LogP contribution >= 0.6 is 11.8 Å². The molecule has 0 aliphatic carbocycles. The Morgan fingerprint density at radius 2 is 2.00 bits per heavy atom. The van der Waals surface area contributed by atoms with Gasteiger partial charge in [0.1, 0.15) is 5.82 Å². The Balaban J connectivity index is 2.52. The smallest absolute Gasteiger partial charge is 0.123 e. The number of thioether (sulfide) groups is 1. The van der Waals surface area contributed by atoms with E-state index in [1.165, 1.54) is 17.2 Å². The molecule has 0 saturated carbocycles. The standard InChI is InChI=1S/C8H7FS/c9-8-2-1-6-4-10-5-7(6)3-8/h1-3H,4-5H2. The van der Waals surface area contributed by atoms with Crippen molar-refractivity contribution in [3.8, 4) is 0 Å². The molecule has 0 aromatic heterocycles. The van der Waals surface area contributed by atoms with Gasteiger partial charge in [0.2, 0.25) is 0 Å². The Hall–Kier alpha value is -0.500.